The second-order valence-electron chi connectivity index (χ2n) is 6.09. The standard InChI is InChI=1S/C21H21ClN2O3/c1-4-10-27-18-9-8-15(12-19(18)26-3)11-16(22)17-13-21(25)24-14(2)6-5-7-20(24)23-17/h5-9,11-13H,4,10H2,1-3H3/b16-11-. The first-order valence-electron chi connectivity index (χ1n) is 8.71. The van der Waals surface area contributed by atoms with E-state index in [2.05, 4.69) is 4.98 Å². The largest absolute Gasteiger partial charge is 0.493 e. The summed E-state index contributed by atoms with van der Waals surface area (Å²) in [6, 6.07) is 12.5. The van der Waals surface area contributed by atoms with E-state index in [-0.39, 0.29) is 5.56 Å². The Balaban J connectivity index is 1.98. The van der Waals surface area contributed by atoms with Gasteiger partial charge in [-0.05, 0) is 49.2 Å². The second-order valence-corrected chi connectivity index (χ2v) is 6.50. The van der Waals surface area contributed by atoms with E-state index in [9.17, 15) is 4.79 Å². The molecule has 0 N–H and O–H groups in total. The summed E-state index contributed by atoms with van der Waals surface area (Å²) in [4.78, 5) is 16.9. The number of hydrogen-bond donors (Lipinski definition) is 0. The smallest absolute Gasteiger partial charge is 0.258 e. The number of hydrogen-bond acceptors (Lipinski definition) is 4. The van der Waals surface area contributed by atoms with E-state index in [4.69, 9.17) is 21.1 Å². The van der Waals surface area contributed by atoms with Crippen LogP contribution in [0.3, 0.4) is 0 Å². The Kier molecular flexibility index (Phi) is 5.81. The van der Waals surface area contributed by atoms with Crippen LogP contribution in [0.5, 0.6) is 11.5 Å². The fraction of sp³-hybridized carbons (Fsp3) is 0.238. The Morgan fingerprint density at radius 3 is 2.78 bits per heavy atom. The Bertz CT molecular complexity index is 1060. The van der Waals surface area contributed by atoms with Crippen LogP contribution in [-0.4, -0.2) is 23.1 Å². The maximum absolute atomic E-state index is 12.4. The van der Waals surface area contributed by atoms with Gasteiger partial charge in [0.15, 0.2) is 11.5 Å². The van der Waals surface area contributed by atoms with E-state index in [0.717, 1.165) is 17.7 Å². The number of aromatic nitrogens is 2. The van der Waals surface area contributed by atoms with Crippen LogP contribution in [0.15, 0.2) is 47.3 Å². The van der Waals surface area contributed by atoms with Crippen LogP contribution in [0.4, 0.5) is 0 Å². The molecule has 3 rings (SSSR count). The van der Waals surface area contributed by atoms with Crippen molar-refractivity contribution in [3.05, 3.63) is 69.8 Å². The Morgan fingerprint density at radius 1 is 1.22 bits per heavy atom. The first-order valence-corrected chi connectivity index (χ1v) is 9.09. The van der Waals surface area contributed by atoms with Crippen molar-refractivity contribution >= 4 is 28.4 Å². The summed E-state index contributed by atoms with van der Waals surface area (Å²) in [5.74, 6) is 1.31. The van der Waals surface area contributed by atoms with Crippen LogP contribution in [0.25, 0.3) is 16.8 Å². The molecule has 0 saturated heterocycles. The molecule has 2 aromatic heterocycles. The van der Waals surface area contributed by atoms with Gasteiger partial charge >= 0.3 is 0 Å². The summed E-state index contributed by atoms with van der Waals surface area (Å²) >= 11 is 6.45. The van der Waals surface area contributed by atoms with E-state index in [1.165, 1.54) is 6.07 Å². The van der Waals surface area contributed by atoms with Crippen LogP contribution in [0.2, 0.25) is 0 Å². The molecule has 1 aromatic carbocycles. The molecule has 0 unspecified atom stereocenters. The minimum atomic E-state index is -0.166. The molecule has 0 aliphatic heterocycles. The SMILES string of the molecule is CCCOc1ccc(/C=C(\Cl)c2cc(=O)n3c(C)cccc3n2)cc1OC. The van der Waals surface area contributed by atoms with E-state index in [1.54, 1.807) is 23.7 Å². The number of pyridine rings is 1. The Morgan fingerprint density at radius 2 is 2.04 bits per heavy atom. The van der Waals surface area contributed by atoms with Crippen molar-refractivity contribution in [2.24, 2.45) is 0 Å². The highest BCUT2D eigenvalue weighted by molar-refractivity contribution is 6.51. The first-order chi connectivity index (χ1) is 13.0. The number of rotatable bonds is 6. The maximum Gasteiger partial charge on any atom is 0.258 e. The molecule has 0 aliphatic carbocycles. The molecule has 5 nitrogen and oxygen atoms in total. The van der Waals surface area contributed by atoms with Gasteiger partial charge in [0.2, 0.25) is 0 Å². The van der Waals surface area contributed by atoms with Gasteiger partial charge in [-0.3, -0.25) is 9.20 Å². The molecule has 0 atom stereocenters. The van der Waals surface area contributed by atoms with Gasteiger partial charge in [0.1, 0.15) is 5.65 Å². The van der Waals surface area contributed by atoms with Gasteiger partial charge in [-0.25, -0.2) is 4.98 Å². The number of halogens is 1. The molecule has 0 aliphatic rings. The first kappa shape index (κ1) is 19.0. The van der Waals surface area contributed by atoms with Gasteiger partial charge in [0.05, 0.1) is 24.4 Å². The molecule has 0 spiro atoms. The summed E-state index contributed by atoms with van der Waals surface area (Å²) < 4.78 is 12.6. The lowest BCUT2D eigenvalue weighted by atomic mass is 10.1. The predicted molar refractivity (Wildman–Crippen MR) is 109 cm³/mol. The fourth-order valence-electron chi connectivity index (χ4n) is 2.76. The highest BCUT2D eigenvalue weighted by Crippen LogP contribution is 2.30. The maximum atomic E-state index is 12.4. The van der Waals surface area contributed by atoms with Crippen molar-refractivity contribution in [2.75, 3.05) is 13.7 Å². The second kappa shape index (κ2) is 8.27. The summed E-state index contributed by atoms with van der Waals surface area (Å²) in [5.41, 5.74) is 2.47. The average molecular weight is 385 g/mol. The van der Waals surface area contributed by atoms with E-state index >= 15 is 0 Å². The van der Waals surface area contributed by atoms with Crippen LogP contribution in [-0.2, 0) is 0 Å². The predicted octanol–water partition coefficient (Wildman–Crippen LogP) is 4.54. The number of fused-ring (bicyclic) bond motifs is 1. The molecule has 140 valence electrons. The van der Waals surface area contributed by atoms with Gasteiger partial charge < -0.3 is 9.47 Å². The molecule has 2 heterocycles. The van der Waals surface area contributed by atoms with Crippen molar-refractivity contribution in [1.82, 2.24) is 9.38 Å². The zero-order chi connectivity index (χ0) is 19.4. The minimum absolute atomic E-state index is 0.166. The molecule has 0 saturated carbocycles. The molecular formula is C21H21ClN2O3. The molecule has 27 heavy (non-hydrogen) atoms. The molecular weight excluding hydrogens is 364 g/mol. The quantitative estimate of drug-likeness (QED) is 0.626. The van der Waals surface area contributed by atoms with Gasteiger partial charge in [-0.15, -0.1) is 0 Å². The van der Waals surface area contributed by atoms with Crippen molar-refractivity contribution in [1.29, 1.82) is 0 Å². The van der Waals surface area contributed by atoms with Crippen LogP contribution >= 0.6 is 11.6 Å². The Labute approximate surface area is 162 Å². The summed E-state index contributed by atoms with van der Waals surface area (Å²) in [7, 11) is 1.59. The molecule has 0 amide bonds. The van der Waals surface area contributed by atoms with Crippen molar-refractivity contribution in [2.45, 2.75) is 20.3 Å². The van der Waals surface area contributed by atoms with Crippen LogP contribution < -0.4 is 15.0 Å². The summed E-state index contributed by atoms with van der Waals surface area (Å²) in [5, 5.41) is 0.375. The summed E-state index contributed by atoms with van der Waals surface area (Å²) in [6.07, 6.45) is 2.67. The number of ether oxygens (including phenoxy) is 2. The third-order valence-electron chi connectivity index (χ3n) is 4.07. The highest BCUT2D eigenvalue weighted by atomic mass is 35.5. The van der Waals surface area contributed by atoms with E-state index in [0.29, 0.717) is 34.5 Å². The lowest BCUT2D eigenvalue weighted by Gasteiger charge is -2.11. The number of benzene rings is 1. The highest BCUT2D eigenvalue weighted by Gasteiger charge is 2.09. The monoisotopic (exact) mass is 384 g/mol. The van der Waals surface area contributed by atoms with Gasteiger partial charge in [0, 0.05) is 11.8 Å². The molecule has 0 bridgehead atoms. The van der Waals surface area contributed by atoms with Gasteiger partial charge in [0.25, 0.3) is 5.56 Å². The fourth-order valence-corrected chi connectivity index (χ4v) is 2.99. The molecule has 0 radical (unpaired) electrons. The molecule has 3 aromatic rings. The number of aryl methyl sites for hydroxylation is 1. The van der Waals surface area contributed by atoms with Crippen molar-refractivity contribution < 1.29 is 9.47 Å². The number of nitrogens with zero attached hydrogens (tertiary/aromatic N) is 2. The normalized spacial score (nSPS) is 11.6. The molecule has 6 heteroatoms. The molecule has 0 fully saturated rings. The van der Waals surface area contributed by atoms with Crippen molar-refractivity contribution in [3.63, 3.8) is 0 Å². The van der Waals surface area contributed by atoms with Crippen LogP contribution in [0, 0.1) is 6.92 Å². The van der Waals surface area contributed by atoms with Crippen molar-refractivity contribution in [3.8, 4) is 11.5 Å². The van der Waals surface area contributed by atoms with Crippen LogP contribution in [0.1, 0.15) is 30.3 Å². The zero-order valence-electron chi connectivity index (χ0n) is 15.5. The Hall–Kier alpha value is -2.79. The van der Waals surface area contributed by atoms with Gasteiger partial charge in [-0.1, -0.05) is 30.7 Å². The topological polar surface area (TPSA) is 52.8 Å². The number of methoxy groups -OCH3 is 1. The summed E-state index contributed by atoms with van der Waals surface area (Å²) in [6.45, 7) is 4.53. The zero-order valence-corrected chi connectivity index (χ0v) is 16.3. The average Bonchev–Trinajstić information content (AvgIpc) is 2.66. The lowest BCUT2D eigenvalue weighted by Crippen LogP contribution is -2.16. The third kappa shape index (κ3) is 4.14. The van der Waals surface area contributed by atoms with E-state index < -0.39 is 0 Å². The third-order valence-corrected chi connectivity index (χ3v) is 4.37. The lowest BCUT2D eigenvalue weighted by molar-refractivity contribution is 0.294. The minimum Gasteiger partial charge on any atom is -0.493 e. The van der Waals surface area contributed by atoms with Gasteiger partial charge in [-0.2, -0.15) is 0 Å². The van der Waals surface area contributed by atoms with E-state index in [1.807, 2.05) is 44.2 Å².